The summed E-state index contributed by atoms with van der Waals surface area (Å²) in [5, 5.41) is 0. The van der Waals surface area contributed by atoms with Crippen LogP contribution < -0.4 is 9.16 Å². The minimum atomic E-state index is -0.651. The van der Waals surface area contributed by atoms with Crippen LogP contribution in [0.15, 0.2) is 30.7 Å². The lowest BCUT2D eigenvalue weighted by Gasteiger charge is -2.19. The number of hydrogen-bond donors (Lipinski definition) is 0. The number of unbranched alkanes of at least 4 members (excludes halogenated alkanes) is 3. The van der Waals surface area contributed by atoms with Crippen LogP contribution in [0.1, 0.15) is 85.5 Å². The number of ether oxygens (including phenoxy) is 2. The molecule has 0 aliphatic heterocycles. The van der Waals surface area contributed by atoms with E-state index < -0.39 is 9.76 Å². The first-order valence-corrected chi connectivity index (χ1v) is 15.3. The van der Waals surface area contributed by atoms with Gasteiger partial charge in [-0.3, -0.25) is 4.98 Å². The molecule has 0 spiro atoms. The summed E-state index contributed by atoms with van der Waals surface area (Å²) in [6.45, 7) is 11.5. The van der Waals surface area contributed by atoms with Gasteiger partial charge in [0.15, 0.2) is 0 Å². The summed E-state index contributed by atoms with van der Waals surface area (Å²) in [6, 6.07) is 5.09. The van der Waals surface area contributed by atoms with Gasteiger partial charge < -0.3 is 13.9 Å². The van der Waals surface area contributed by atoms with E-state index in [9.17, 15) is 0 Å². The molecule has 2 unspecified atom stereocenters. The highest BCUT2D eigenvalue weighted by Gasteiger charge is 2.13. The van der Waals surface area contributed by atoms with Gasteiger partial charge in [-0.25, -0.2) is 9.97 Å². The summed E-state index contributed by atoms with van der Waals surface area (Å²) in [4.78, 5) is 13.5. The molecule has 0 N–H and O–H groups in total. The van der Waals surface area contributed by atoms with E-state index in [2.05, 4.69) is 42.6 Å². The number of rotatable bonds is 20. The van der Waals surface area contributed by atoms with Crippen molar-refractivity contribution >= 4 is 9.76 Å². The predicted molar refractivity (Wildman–Crippen MR) is 147 cm³/mol. The standard InChI is InChI=1S/C28H47N3O3Si/c1-5-7-13-23(3)24(4)14-12-20-35-34-26-15-11-16-29-28(26)25-21-31-27(22-30-25)33-19-10-9-18-32-17-8-6-2/h11,15-16,21-24H,5-10,12-14,17-20,35H2,1-4H3. The first-order valence-electron chi connectivity index (χ1n) is 13.8. The van der Waals surface area contributed by atoms with Crippen LogP contribution in [0.4, 0.5) is 0 Å². The second kappa shape index (κ2) is 18.3. The topological polar surface area (TPSA) is 66.4 Å². The summed E-state index contributed by atoms with van der Waals surface area (Å²) in [5.74, 6) is 2.96. The van der Waals surface area contributed by atoms with Gasteiger partial charge in [-0.15, -0.1) is 0 Å². The normalized spacial score (nSPS) is 13.3. The first kappa shape index (κ1) is 29.2. The molecule has 0 bridgehead atoms. The number of hydrogen-bond acceptors (Lipinski definition) is 6. The third-order valence-electron chi connectivity index (χ3n) is 6.51. The highest BCUT2D eigenvalue weighted by atomic mass is 28.2. The van der Waals surface area contributed by atoms with Crippen molar-refractivity contribution < 1.29 is 13.9 Å². The quantitative estimate of drug-likeness (QED) is 0.150. The van der Waals surface area contributed by atoms with Crippen LogP contribution in [0, 0.1) is 11.8 Å². The predicted octanol–water partition coefficient (Wildman–Crippen LogP) is 6.64. The lowest BCUT2D eigenvalue weighted by atomic mass is 9.88. The molecule has 2 atom stereocenters. The maximum absolute atomic E-state index is 6.22. The van der Waals surface area contributed by atoms with E-state index in [-0.39, 0.29) is 0 Å². The molecule has 6 nitrogen and oxygen atoms in total. The molecule has 7 heteroatoms. The zero-order chi connectivity index (χ0) is 25.1. The average Bonchev–Trinajstić information content (AvgIpc) is 2.89. The first-order chi connectivity index (χ1) is 17.2. The lowest BCUT2D eigenvalue weighted by molar-refractivity contribution is 0.123. The van der Waals surface area contributed by atoms with Gasteiger partial charge in [0, 0.05) is 19.4 Å². The zero-order valence-electron chi connectivity index (χ0n) is 22.5. The zero-order valence-corrected chi connectivity index (χ0v) is 23.9. The fraction of sp³-hybridized carbons (Fsp3) is 0.679. The molecule has 0 fully saturated rings. The van der Waals surface area contributed by atoms with Gasteiger partial charge in [-0.2, -0.15) is 0 Å². The van der Waals surface area contributed by atoms with Crippen molar-refractivity contribution in [3.63, 3.8) is 0 Å². The van der Waals surface area contributed by atoms with E-state index in [1.54, 1.807) is 18.6 Å². The fourth-order valence-corrected chi connectivity index (χ4v) is 4.98. The Balaban J connectivity index is 1.72. The van der Waals surface area contributed by atoms with Crippen LogP contribution in [0.5, 0.6) is 11.6 Å². The van der Waals surface area contributed by atoms with Crippen molar-refractivity contribution in [3.8, 4) is 23.0 Å². The van der Waals surface area contributed by atoms with Gasteiger partial charge in [0.05, 0.1) is 19.0 Å². The van der Waals surface area contributed by atoms with Crippen LogP contribution in [0.25, 0.3) is 11.4 Å². The number of nitrogens with zero attached hydrogens (tertiary/aromatic N) is 3. The molecule has 196 valence electrons. The van der Waals surface area contributed by atoms with Gasteiger partial charge in [0.2, 0.25) is 15.6 Å². The molecule has 2 rings (SSSR count). The summed E-state index contributed by atoms with van der Waals surface area (Å²) in [5.41, 5.74) is 1.47. The minimum absolute atomic E-state index is 0.538. The number of aromatic nitrogens is 3. The minimum Gasteiger partial charge on any atom is -0.548 e. The van der Waals surface area contributed by atoms with Gasteiger partial charge in [0.1, 0.15) is 17.1 Å². The lowest BCUT2D eigenvalue weighted by Crippen LogP contribution is -2.09. The van der Waals surface area contributed by atoms with Crippen molar-refractivity contribution in [2.75, 3.05) is 19.8 Å². The van der Waals surface area contributed by atoms with Crippen LogP contribution in [0.2, 0.25) is 6.04 Å². The Labute approximate surface area is 215 Å². The van der Waals surface area contributed by atoms with E-state index in [4.69, 9.17) is 13.9 Å². The molecule has 0 saturated carbocycles. The number of pyridine rings is 1. The molecule has 0 aromatic carbocycles. The van der Waals surface area contributed by atoms with Crippen molar-refractivity contribution in [2.45, 2.75) is 91.5 Å². The van der Waals surface area contributed by atoms with Crippen LogP contribution in [-0.4, -0.2) is 44.5 Å². The van der Waals surface area contributed by atoms with E-state index in [1.165, 1.54) is 44.6 Å². The van der Waals surface area contributed by atoms with Crippen molar-refractivity contribution in [3.05, 3.63) is 30.7 Å². The Bertz CT molecular complexity index is 791. The maximum Gasteiger partial charge on any atom is 0.232 e. The van der Waals surface area contributed by atoms with E-state index in [0.717, 1.165) is 55.8 Å². The molecule has 0 radical (unpaired) electrons. The van der Waals surface area contributed by atoms with Crippen LogP contribution in [-0.2, 0) is 4.74 Å². The highest BCUT2D eigenvalue weighted by molar-refractivity contribution is 6.28. The molecule has 0 aliphatic carbocycles. The van der Waals surface area contributed by atoms with Gasteiger partial charge >= 0.3 is 0 Å². The van der Waals surface area contributed by atoms with Crippen molar-refractivity contribution in [2.24, 2.45) is 11.8 Å². The Morgan fingerprint density at radius 1 is 0.829 bits per heavy atom. The molecule has 35 heavy (non-hydrogen) atoms. The molecular weight excluding hydrogens is 454 g/mol. The third kappa shape index (κ3) is 12.0. The monoisotopic (exact) mass is 501 g/mol. The Morgan fingerprint density at radius 2 is 1.57 bits per heavy atom. The summed E-state index contributed by atoms with van der Waals surface area (Å²) < 4.78 is 17.5. The largest absolute Gasteiger partial charge is 0.548 e. The van der Waals surface area contributed by atoms with Gasteiger partial charge in [-0.1, -0.05) is 66.2 Å². The van der Waals surface area contributed by atoms with E-state index in [1.807, 2.05) is 12.1 Å². The SMILES string of the molecule is CCCCOCCCCOc1cnc(-c2ncccc2O[SiH2]CCCC(C)C(C)CCCC)cn1. The second-order valence-electron chi connectivity index (χ2n) is 9.55. The molecule has 0 saturated heterocycles. The third-order valence-corrected chi connectivity index (χ3v) is 7.82. The Hall–Kier alpha value is -1.99. The molecule has 0 amide bonds. The second-order valence-corrected chi connectivity index (χ2v) is 11.0. The summed E-state index contributed by atoms with van der Waals surface area (Å²) in [7, 11) is -0.651. The maximum atomic E-state index is 6.22. The van der Waals surface area contributed by atoms with Crippen molar-refractivity contribution in [1.29, 1.82) is 0 Å². The smallest absolute Gasteiger partial charge is 0.232 e. The van der Waals surface area contributed by atoms with E-state index >= 15 is 0 Å². The van der Waals surface area contributed by atoms with Crippen LogP contribution in [0.3, 0.4) is 0 Å². The Kier molecular flexibility index (Phi) is 15.3. The summed E-state index contributed by atoms with van der Waals surface area (Å²) >= 11 is 0. The molecule has 2 aromatic heterocycles. The van der Waals surface area contributed by atoms with E-state index in [0.29, 0.717) is 18.2 Å². The van der Waals surface area contributed by atoms with Crippen LogP contribution >= 0.6 is 0 Å². The summed E-state index contributed by atoms with van der Waals surface area (Å²) in [6.07, 6.45) is 15.9. The average molecular weight is 502 g/mol. The Morgan fingerprint density at radius 3 is 2.31 bits per heavy atom. The molecule has 0 aliphatic rings. The van der Waals surface area contributed by atoms with Gasteiger partial charge in [-0.05, 0) is 49.3 Å². The van der Waals surface area contributed by atoms with Crippen molar-refractivity contribution in [1.82, 2.24) is 15.0 Å². The molecular formula is C28H47N3O3Si. The fourth-order valence-electron chi connectivity index (χ4n) is 3.89. The molecule has 2 aromatic rings. The highest BCUT2D eigenvalue weighted by Crippen LogP contribution is 2.27. The molecule has 2 heterocycles. The van der Waals surface area contributed by atoms with Gasteiger partial charge in [0.25, 0.3) is 0 Å².